The SMILES string of the molecule is CC(C)(C)C1CCC(C(=O)CC2CCC(c3ccccc3)CC2)C1. The first-order valence-corrected chi connectivity index (χ1v) is 10.0. The van der Waals surface area contributed by atoms with E-state index in [2.05, 4.69) is 51.1 Å². The first-order chi connectivity index (χ1) is 11.4. The lowest BCUT2D eigenvalue weighted by Gasteiger charge is -2.29. The van der Waals surface area contributed by atoms with Crippen molar-refractivity contribution in [2.75, 3.05) is 0 Å². The average molecular weight is 327 g/mol. The van der Waals surface area contributed by atoms with Gasteiger partial charge in [0.2, 0.25) is 0 Å². The van der Waals surface area contributed by atoms with Crippen LogP contribution in [-0.4, -0.2) is 5.78 Å². The predicted octanol–water partition coefficient (Wildman–Crippen LogP) is 6.38. The van der Waals surface area contributed by atoms with E-state index < -0.39 is 0 Å². The van der Waals surface area contributed by atoms with Crippen LogP contribution in [0.2, 0.25) is 0 Å². The quantitative estimate of drug-likeness (QED) is 0.627. The van der Waals surface area contributed by atoms with Crippen molar-refractivity contribution in [3.05, 3.63) is 35.9 Å². The van der Waals surface area contributed by atoms with E-state index in [-0.39, 0.29) is 0 Å². The van der Waals surface area contributed by atoms with Crippen LogP contribution in [0.5, 0.6) is 0 Å². The Kier molecular flexibility index (Phi) is 5.47. The second kappa shape index (κ2) is 7.42. The number of Topliss-reactive ketones (excluding diaryl/α,β-unsaturated/α-hetero) is 1. The molecule has 2 aliphatic carbocycles. The predicted molar refractivity (Wildman–Crippen MR) is 101 cm³/mol. The second-order valence-electron chi connectivity index (χ2n) is 9.37. The molecule has 1 aromatic rings. The van der Waals surface area contributed by atoms with Gasteiger partial charge in [-0.3, -0.25) is 4.79 Å². The van der Waals surface area contributed by atoms with Crippen LogP contribution in [0.15, 0.2) is 30.3 Å². The molecule has 2 aliphatic rings. The Bertz CT molecular complexity index is 531. The molecule has 0 radical (unpaired) electrons. The molecule has 0 saturated heterocycles. The van der Waals surface area contributed by atoms with Crippen LogP contribution in [0.4, 0.5) is 0 Å². The van der Waals surface area contributed by atoms with Crippen molar-refractivity contribution in [1.29, 1.82) is 0 Å². The van der Waals surface area contributed by atoms with Gasteiger partial charge in [-0.25, -0.2) is 0 Å². The molecule has 0 spiro atoms. The van der Waals surface area contributed by atoms with Crippen LogP contribution in [0.1, 0.15) is 83.6 Å². The fourth-order valence-corrected chi connectivity index (χ4v) is 4.94. The molecule has 1 heteroatoms. The van der Waals surface area contributed by atoms with Crippen LogP contribution in [-0.2, 0) is 4.79 Å². The Morgan fingerprint density at radius 1 is 0.958 bits per heavy atom. The third-order valence-corrected chi connectivity index (χ3v) is 6.72. The van der Waals surface area contributed by atoms with Crippen LogP contribution in [0.25, 0.3) is 0 Å². The smallest absolute Gasteiger partial charge is 0.136 e. The van der Waals surface area contributed by atoms with Gasteiger partial charge in [0.1, 0.15) is 5.78 Å². The van der Waals surface area contributed by atoms with E-state index in [1.165, 1.54) is 37.7 Å². The highest BCUT2D eigenvalue weighted by Gasteiger charge is 2.36. The van der Waals surface area contributed by atoms with Gasteiger partial charge in [-0.05, 0) is 73.7 Å². The third kappa shape index (κ3) is 4.29. The third-order valence-electron chi connectivity index (χ3n) is 6.72. The molecular formula is C23H34O. The monoisotopic (exact) mass is 326 g/mol. The van der Waals surface area contributed by atoms with Crippen molar-refractivity contribution in [2.24, 2.45) is 23.2 Å². The first kappa shape index (κ1) is 17.7. The molecule has 24 heavy (non-hydrogen) atoms. The summed E-state index contributed by atoms with van der Waals surface area (Å²) in [5.41, 5.74) is 1.86. The molecule has 0 amide bonds. The molecule has 2 saturated carbocycles. The van der Waals surface area contributed by atoms with Gasteiger partial charge in [-0.2, -0.15) is 0 Å². The molecule has 0 bridgehead atoms. The molecule has 132 valence electrons. The van der Waals surface area contributed by atoms with Gasteiger partial charge in [0.15, 0.2) is 0 Å². The topological polar surface area (TPSA) is 17.1 Å². The molecule has 3 rings (SSSR count). The minimum Gasteiger partial charge on any atom is -0.299 e. The minimum atomic E-state index is 0.362. The Morgan fingerprint density at radius 2 is 1.62 bits per heavy atom. The molecule has 2 unspecified atom stereocenters. The summed E-state index contributed by atoms with van der Waals surface area (Å²) < 4.78 is 0. The van der Waals surface area contributed by atoms with E-state index in [1.54, 1.807) is 0 Å². The number of carbonyl (C=O) groups excluding carboxylic acids is 1. The zero-order chi connectivity index (χ0) is 17.2. The summed E-state index contributed by atoms with van der Waals surface area (Å²) in [4.78, 5) is 12.7. The lowest BCUT2D eigenvalue weighted by atomic mass is 9.75. The number of hydrogen-bond acceptors (Lipinski definition) is 1. The maximum Gasteiger partial charge on any atom is 0.136 e. The van der Waals surface area contributed by atoms with Gasteiger partial charge < -0.3 is 0 Å². The molecule has 0 aliphatic heterocycles. The normalized spacial score (nSPS) is 31.1. The molecule has 1 aromatic carbocycles. The number of ketones is 1. The van der Waals surface area contributed by atoms with Crippen molar-refractivity contribution in [2.45, 2.75) is 78.1 Å². The summed E-state index contributed by atoms with van der Waals surface area (Å²) in [7, 11) is 0. The van der Waals surface area contributed by atoms with Crippen molar-refractivity contribution < 1.29 is 4.79 Å². The summed E-state index contributed by atoms with van der Waals surface area (Å²) in [5, 5.41) is 0. The summed E-state index contributed by atoms with van der Waals surface area (Å²) in [6.45, 7) is 6.99. The Hall–Kier alpha value is -1.11. The van der Waals surface area contributed by atoms with Gasteiger partial charge in [0, 0.05) is 12.3 Å². The fourth-order valence-electron chi connectivity index (χ4n) is 4.94. The molecular weight excluding hydrogens is 292 g/mol. The summed E-state index contributed by atoms with van der Waals surface area (Å²) >= 11 is 0. The molecule has 1 nitrogen and oxygen atoms in total. The van der Waals surface area contributed by atoms with E-state index in [1.807, 2.05) is 0 Å². The van der Waals surface area contributed by atoms with E-state index >= 15 is 0 Å². The zero-order valence-corrected chi connectivity index (χ0v) is 15.8. The highest BCUT2D eigenvalue weighted by Crippen LogP contribution is 2.44. The summed E-state index contributed by atoms with van der Waals surface area (Å²) in [6, 6.07) is 10.9. The number of hydrogen-bond donors (Lipinski definition) is 0. The average Bonchev–Trinajstić information content (AvgIpc) is 3.07. The van der Waals surface area contributed by atoms with Crippen molar-refractivity contribution >= 4 is 5.78 Å². The molecule has 0 N–H and O–H groups in total. The molecule has 0 aromatic heterocycles. The summed E-state index contributed by atoms with van der Waals surface area (Å²) in [5.74, 6) is 3.03. The summed E-state index contributed by atoms with van der Waals surface area (Å²) in [6.07, 6.45) is 9.38. The maximum absolute atomic E-state index is 12.7. The van der Waals surface area contributed by atoms with Gasteiger partial charge in [-0.15, -0.1) is 0 Å². The number of benzene rings is 1. The van der Waals surface area contributed by atoms with Gasteiger partial charge >= 0.3 is 0 Å². The second-order valence-corrected chi connectivity index (χ2v) is 9.37. The number of rotatable bonds is 4. The molecule has 2 fully saturated rings. The van der Waals surface area contributed by atoms with Crippen LogP contribution >= 0.6 is 0 Å². The molecule has 0 heterocycles. The Morgan fingerprint density at radius 3 is 2.21 bits per heavy atom. The number of carbonyl (C=O) groups is 1. The molecule has 2 atom stereocenters. The van der Waals surface area contributed by atoms with E-state index in [0.717, 1.165) is 25.2 Å². The Labute approximate surface area is 148 Å². The Balaban J connectivity index is 1.46. The highest BCUT2D eigenvalue weighted by molar-refractivity contribution is 5.81. The van der Waals surface area contributed by atoms with E-state index in [9.17, 15) is 4.79 Å². The fraction of sp³-hybridized carbons (Fsp3) is 0.696. The van der Waals surface area contributed by atoms with Crippen LogP contribution in [0.3, 0.4) is 0 Å². The van der Waals surface area contributed by atoms with Gasteiger partial charge in [0.25, 0.3) is 0 Å². The standard InChI is InChI=1S/C23H34O/c1-23(2,3)21-14-13-20(16-21)22(24)15-17-9-11-19(12-10-17)18-7-5-4-6-8-18/h4-8,17,19-21H,9-16H2,1-3H3. The van der Waals surface area contributed by atoms with Crippen molar-refractivity contribution in [3.8, 4) is 0 Å². The van der Waals surface area contributed by atoms with Crippen molar-refractivity contribution in [3.63, 3.8) is 0 Å². The van der Waals surface area contributed by atoms with Crippen LogP contribution < -0.4 is 0 Å². The van der Waals surface area contributed by atoms with E-state index in [4.69, 9.17) is 0 Å². The van der Waals surface area contributed by atoms with E-state index in [0.29, 0.717) is 29.0 Å². The zero-order valence-electron chi connectivity index (χ0n) is 15.8. The highest BCUT2D eigenvalue weighted by atomic mass is 16.1. The maximum atomic E-state index is 12.7. The first-order valence-electron chi connectivity index (χ1n) is 10.0. The lowest BCUT2D eigenvalue weighted by Crippen LogP contribution is -2.22. The largest absolute Gasteiger partial charge is 0.299 e. The van der Waals surface area contributed by atoms with Crippen LogP contribution in [0, 0.1) is 23.2 Å². The minimum absolute atomic E-state index is 0.362. The van der Waals surface area contributed by atoms with Gasteiger partial charge in [0.05, 0.1) is 0 Å². The lowest BCUT2D eigenvalue weighted by molar-refractivity contribution is -0.124. The van der Waals surface area contributed by atoms with Crippen molar-refractivity contribution in [1.82, 2.24) is 0 Å². The van der Waals surface area contributed by atoms with Gasteiger partial charge in [-0.1, -0.05) is 51.1 Å².